The van der Waals surface area contributed by atoms with Gasteiger partial charge in [0.25, 0.3) is 0 Å². The summed E-state index contributed by atoms with van der Waals surface area (Å²) in [5.41, 5.74) is 15.4. The average Bonchev–Trinajstić information content (AvgIpc) is 3.93. The van der Waals surface area contributed by atoms with Gasteiger partial charge >= 0.3 is 0 Å². The van der Waals surface area contributed by atoms with E-state index in [1.807, 2.05) is 0 Å². The van der Waals surface area contributed by atoms with Gasteiger partial charge in [-0.2, -0.15) is 0 Å². The molecule has 0 spiro atoms. The van der Waals surface area contributed by atoms with Crippen LogP contribution >= 0.6 is 0 Å². The highest BCUT2D eigenvalue weighted by atomic mass is 15.1. The first-order chi connectivity index (χ1) is 28.3. The van der Waals surface area contributed by atoms with Gasteiger partial charge in [-0.15, -0.1) is 0 Å². The summed E-state index contributed by atoms with van der Waals surface area (Å²) in [7, 11) is 0. The van der Waals surface area contributed by atoms with Crippen molar-refractivity contribution in [3.63, 3.8) is 0 Å². The summed E-state index contributed by atoms with van der Waals surface area (Å²) in [5.74, 6) is 0. The van der Waals surface area contributed by atoms with Crippen LogP contribution in [0.2, 0.25) is 0 Å². The molecule has 12 rings (SSSR count). The van der Waals surface area contributed by atoms with Gasteiger partial charge in [0, 0.05) is 43.7 Å². The van der Waals surface area contributed by atoms with Crippen molar-refractivity contribution in [2.45, 2.75) is 0 Å². The molecule has 0 unspecified atom stereocenters. The Labute approximate surface area is 329 Å². The van der Waals surface area contributed by atoms with Gasteiger partial charge in [-0.25, -0.2) is 0 Å². The maximum atomic E-state index is 2.51. The molecule has 0 radical (unpaired) electrons. The smallest absolute Gasteiger partial charge is 0.0810 e. The molecular weight excluding hydrogens is 691 g/mol. The van der Waals surface area contributed by atoms with Gasteiger partial charge in [0.15, 0.2) is 0 Å². The molecule has 3 heteroatoms. The van der Waals surface area contributed by atoms with E-state index in [-0.39, 0.29) is 0 Å². The summed E-state index contributed by atoms with van der Waals surface area (Å²) in [6, 6.07) is 77.4. The van der Waals surface area contributed by atoms with E-state index in [9.17, 15) is 0 Å². The lowest BCUT2D eigenvalue weighted by molar-refractivity contribution is 1.14. The average molecular weight is 726 g/mol. The van der Waals surface area contributed by atoms with Crippen molar-refractivity contribution in [3.05, 3.63) is 212 Å². The van der Waals surface area contributed by atoms with Crippen LogP contribution in [0.25, 0.3) is 105 Å². The number of benzene rings is 9. The van der Waals surface area contributed by atoms with Gasteiger partial charge in [-0.3, -0.25) is 0 Å². The minimum absolute atomic E-state index is 1.12. The molecule has 9 aromatic carbocycles. The molecule has 0 N–H and O–H groups in total. The highest BCUT2D eigenvalue weighted by molar-refractivity contribution is 6.27. The number of para-hydroxylation sites is 5. The molecule has 266 valence electrons. The predicted octanol–water partition coefficient (Wildman–Crippen LogP) is 14.3. The Hall–Kier alpha value is -7.62. The molecule has 0 saturated heterocycles. The summed E-state index contributed by atoms with van der Waals surface area (Å²) in [6.07, 6.45) is 0. The number of hydrogen-bond acceptors (Lipinski definition) is 0. The Balaban J connectivity index is 1.22. The predicted molar refractivity (Wildman–Crippen MR) is 240 cm³/mol. The van der Waals surface area contributed by atoms with Gasteiger partial charge in [0.05, 0.1) is 38.8 Å². The van der Waals surface area contributed by atoms with Crippen LogP contribution < -0.4 is 0 Å². The van der Waals surface area contributed by atoms with Crippen LogP contribution in [0.3, 0.4) is 0 Å². The summed E-state index contributed by atoms with van der Waals surface area (Å²) in [4.78, 5) is 0. The molecule has 0 aliphatic heterocycles. The lowest BCUT2D eigenvalue weighted by atomic mass is 9.99. The molecule has 0 aliphatic carbocycles. The Morgan fingerprint density at radius 2 is 0.667 bits per heavy atom. The maximum absolute atomic E-state index is 2.51. The van der Waals surface area contributed by atoms with E-state index >= 15 is 0 Å². The molecule has 0 atom stereocenters. The van der Waals surface area contributed by atoms with Crippen LogP contribution in [0.1, 0.15) is 0 Å². The van der Waals surface area contributed by atoms with Gasteiger partial charge in [0.2, 0.25) is 0 Å². The third-order valence-electron chi connectivity index (χ3n) is 11.8. The lowest BCUT2D eigenvalue weighted by Gasteiger charge is -2.16. The number of nitrogens with zero attached hydrogens (tertiary/aromatic N) is 3. The van der Waals surface area contributed by atoms with Crippen LogP contribution in [-0.4, -0.2) is 13.7 Å². The third kappa shape index (κ3) is 4.73. The van der Waals surface area contributed by atoms with Crippen LogP contribution in [0.15, 0.2) is 212 Å². The van der Waals surface area contributed by atoms with Crippen molar-refractivity contribution in [1.82, 2.24) is 13.7 Å². The molecule has 0 aliphatic rings. The van der Waals surface area contributed by atoms with Crippen molar-refractivity contribution >= 4 is 65.4 Å². The van der Waals surface area contributed by atoms with Crippen molar-refractivity contribution in [2.75, 3.05) is 0 Å². The van der Waals surface area contributed by atoms with Gasteiger partial charge in [-0.1, -0.05) is 152 Å². The zero-order valence-corrected chi connectivity index (χ0v) is 31.0. The van der Waals surface area contributed by atoms with Gasteiger partial charge < -0.3 is 13.7 Å². The van der Waals surface area contributed by atoms with E-state index in [0.29, 0.717) is 0 Å². The molecule has 0 saturated carbocycles. The van der Waals surface area contributed by atoms with E-state index in [2.05, 4.69) is 226 Å². The Kier molecular flexibility index (Phi) is 6.93. The second-order valence-corrected chi connectivity index (χ2v) is 14.9. The number of fused-ring (bicyclic) bond motifs is 10. The van der Waals surface area contributed by atoms with E-state index in [1.54, 1.807) is 0 Å². The molecule has 0 bridgehead atoms. The van der Waals surface area contributed by atoms with E-state index < -0.39 is 0 Å². The largest absolute Gasteiger partial charge is 0.309 e. The fraction of sp³-hybridized carbons (Fsp3) is 0. The SMILES string of the molecule is c1ccc(-c2cccc(-c3ccc(-n4c5ccccc5c5c(-n6c7ccccc7c7ccccc76)cc6c7ccccc7n(-c7ccccc7)c6c54)cc3)c2)cc1. The normalized spacial score (nSPS) is 11.9. The van der Waals surface area contributed by atoms with E-state index in [1.165, 1.54) is 93.4 Å². The first-order valence-electron chi connectivity index (χ1n) is 19.6. The van der Waals surface area contributed by atoms with Crippen LogP contribution in [0.5, 0.6) is 0 Å². The van der Waals surface area contributed by atoms with Gasteiger partial charge in [0.1, 0.15) is 0 Å². The van der Waals surface area contributed by atoms with Crippen molar-refractivity contribution in [3.8, 4) is 39.3 Å². The Morgan fingerprint density at radius 1 is 0.246 bits per heavy atom. The van der Waals surface area contributed by atoms with Crippen molar-refractivity contribution in [1.29, 1.82) is 0 Å². The lowest BCUT2D eigenvalue weighted by Crippen LogP contribution is -2.01. The Bertz CT molecular complexity index is 3440. The fourth-order valence-corrected chi connectivity index (χ4v) is 9.36. The first kappa shape index (κ1) is 31.7. The topological polar surface area (TPSA) is 14.8 Å². The number of hydrogen-bond donors (Lipinski definition) is 0. The zero-order chi connectivity index (χ0) is 37.5. The zero-order valence-electron chi connectivity index (χ0n) is 31.0. The van der Waals surface area contributed by atoms with Crippen LogP contribution in [0, 0.1) is 0 Å². The Morgan fingerprint density at radius 3 is 1.28 bits per heavy atom. The quantitative estimate of drug-likeness (QED) is 0.168. The third-order valence-corrected chi connectivity index (χ3v) is 11.8. The molecule has 12 aromatic rings. The first-order valence-corrected chi connectivity index (χ1v) is 19.6. The standard InChI is InChI=1S/C54H35N3/c1-3-16-36(17-4-1)38-18-15-19-39(34-38)37-30-32-41(33-31-37)56-50-29-14-10-25-45(50)52-51(57-48-27-12-7-22-42(48)43-23-8-13-28-49(43)57)35-46-44-24-9-11-26-47(44)55(53(46)54(52)56)40-20-5-2-6-21-40/h1-35H. The molecule has 0 amide bonds. The second kappa shape index (κ2) is 12.5. The van der Waals surface area contributed by atoms with Crippen LogP contribution in [0.4, 0.5) is 0 Å². The highest BCUT2D eigenvalue weighted by Crippen LogP contribution is 2.46. The van der Waals surface area contributed by atoms with Crippen molar-refractivity contribution < 1.29 is 0 Å². The molecule has 57 heavy (non-hydrogen) atoms. The molecule has 3 heterocycles. The highest BCUT2D eigenvalue weighted by Gasteiger charge is 2.26. The van der Waals surface area contributed by atoms with Crippen LogP contribution in [-0.2, 0) is 0 Å². The summed E-state index contributed by atoms with van der Waals surface area (Å²) >= 11 is 0. The molecule has 0 fully saturated rings. The minimum Gasteiger partial charge on any atom is -0.309 e. The summed E-state index contributed by atoms with van der Waals surface area (Å²) in [5, 5.41) is 7.40. The van der Waals surface area contributed by atoms with Gasteiger partial charge in [-0.05, 0) is 82.9 Å². The number of aromatic nitrogens is 3. The molecule has 3 nitrogen and oxygen atoms in total. The number of rotatable bonds is 5. The monoisotopic (exact) mass is 725 g/mol. The maximum Gasteiger partial charge on any atom is 0.0810 e. The molecule has 3 aromatic heterocycles. The molecular formula is C54H35N3. The second-order valence-electron chi connectivity index (χ2n) is 14.9. The fourth-order valence-electron chi connectivity index (χ4n) is 9.36. The van der Waals surface area contributed by atoms with Crippen molar-refractivity contribution in [2.24, 2.45) is 0 Å². The summed E-state index contributed by atoms with van der Waals surface area (Å²) in [6.45, 7) is 0. The van der Waals surface area contributed by atoms with E-state index in [0.717, 1.165) is 11.4 Å². The minimum atomic E-state index is 1.12. The van der Waals surface area contributed by atoms with E-state index in [4.69, 9.17) is 0 Å². The summed E-state index contributed by atoms with van der Waals surface area (Å²) < 4.78 is 7.48.